The number of hydrogen-bond acceptors (Lipinski definition) is 3. The normalized spacial score (nSPS) is 10.4. The van der Waals surface area contributed by atoms with Gasteiger partial charge in [0.2, 0.25) is 0 Å². The van der Waals surface area contributed by atoms with Gasteiger partial charge in [-0.15, -0.1) is 17.9 Å². The van der Waals surface area contributed by atoms with Gasteiger partial charge in [0, 0.05) is 4.88 Å². The fraction of sp³-hybridized carbons (Fsp3) is 0.417. The van der Waals surface area contributed by atoms with Gasteiger partial charge in [-0.1, -0.05) is 5.57 Å². The van der Waals surface area contributed by atoms with Crippen LogP contribution in [0.3, 0.4) is 0 Å². The third kappa shape index (κ3) is 3.79. The number of ether oxygens (including phenoxy) is 1. The SMILES string of the molecule is C=C(C)CCOCc1cc(C(=O)O)sc1C. The maximum atomic E-state index is 10.7. The minimum absolute atomic E-state index is 0.371. The van der Waals surface area contributed by atoms with Crippen LogP contribution in [0.4, 0.5) is 0 Å². The summed E-state index contributed by atoms with van der Waals surface area (Å²) in [6.07, 6.45) is 0.842. The van der Waals surface area contributed by atoms with Crippen molar-refractivity contribution in [3.63, 3.8) is 0 Å². The Morgan fingerprint density at radius 2 is 2.31 bits per heavy atom. The molecule has 1 N–H and O–H groups in total. The van der Waals surface area contributed by atoms with Gasteiger partial charge >= 0.3 is 5.97 Å². The Kier molecular flexibility index (Phi) is 4.71. The molecule has 0 bridgehead atoms. The molecule has 0 saturated carbocycles. The number of carbonyl (C=O) groups is 1. The van der Waals surface area contributed by atoms with E-state index in [4.69, 9.17) is 9.84 Å². The maximum Gasteiger partial charge on any atom is 0.345 e. The van der Waals surface area contributed by atoms with Crippen molar-refractivity contribution in [2.45, 2.75) is 26.9 Å². The van der Waals surface area contributed by atoms with E-state index in [0.29, 0.717) is 18.1 Å². The minimum Gasteiger partial charge on any atom is -0.477 e. The molecule has 0 fully saturated rings. The van der Waals surface area contributed by atoms with Crippen LogP contribution >= 0.6 is 11.3 Å². The fourth-order valence-electron chi connectivity index (χ4n) is 1.20. The number of carboxylic acids is 1. The lowest BCUT2D eigenvalue weighted by atomic mass is 10.2. The largest absolute Gasteiger partial charge is 0.477 e. The molecule has 1 heterocycles. The average molecular weight is 240 g/mol. The van der Waals surface area contributed by atoms with Crippen LogP contribution < -0.4 is 0 Å². The first-order chi connectivity index (χ1) is 7.50. The van der Waals surface area contributed by atoms with E-state index >= 15 is 0 Å². The van der Waals surface area contributed by atoms with Crippen molar-refractivity contribution < 1.29 is 14.6 Å². The van der Waals surface area contributed by atoms with Crippen molar-refractivity contribution in [2.75, 3.05) is 6.61 Å². The van der Waals surface area contributed by atoms with Crippen LogP contribution in [0, 0.1) is 6.92 Å². The van der Waals surface area contributed by atoms with Crippen LogP contribution in [0.5, 0.6) is 0 Å². The quantitative estimate of drug-likeness (QED) is 0.613. The Labute approximate surface area is 99.4 Å². The van der Waals surface area contributed by atoms with Gasteiger partial charge in [-0.3, -0.25) is 0 Å². The molecule has 1 aromatic heterocycles. The van der Waals surface area contributed by atoms with E-state index in [-0.39, 0.29) is 0 Å². The van der Waals surface area contributed by atoms with Crippen molar-refractivity contribution >= 4 is 17.3 Å². The molecule has 0 saturated heterocycles. The molecule has 0 atom stereocenters. The van der Waals surface area contributed by atoms with E-state index < -0.39 is 5.97 Å². The zero-order chi connectivity index (χ0) is 12.1. The van der Waals surface area contributed by atoms with Gasteiger partial charge in [0.15, 0.2) is 0 Å². The highest BCUT2D eigenvalue weighted by Crippen LogP contribution is 2.22. The van der Waals surface area contributed by atoms with Gasteiger partial charge in [0.05, 0.1) is 13.2 Å². The van der Waals surface area contributed by atoms with Crippen molar-refractivity contribution in [3.05, 3.63) is 33.5 Å². The van der Waals surface area contributed by atoms with Crippen LogP contribution in [-0.2, 0) is 11.3 Å². The number of thiophene rings is 1. The van der Waals surface area contributed by atoms with Gasteiger partial charge in [-0.05, 0) is 31.9 Å². The molecule has 0 aromatic carbocycles. The number of hydrogen-bond donors (Lipinski definition) is 1. The Hall–Kier alpha value is -1.13. The van der Waals surface area contributed by atoms with Gasteiger partial charge in [0.25, 0.3) is 0 Å². The third-order valence-electron chi connectivity index (χ3n) is 2.16. The third-order valence-corrected chi connectivity index (χ3v) is 3.24. The summed E-state index contributed by atoms with van der Waals surface area (Å²) in [7, 11) is 0. The number of rotatable bonds is 6. The van der Waals surface area contributed by atoms with Crippen molar-refractivity contribution in [1.29, 1.82) is 0 Å². The molecule has 0 aliphatic rings. The Balaban J connectivity index is 2.47. The van der Waals surface area contributed by atoms with Crippen LogP contribution in [0.1, 0.15) is 33.5 Å². The van der Waals surface area contributed by atoms with E-state index in [1.807, 2.05) is 13.8 Å². The fourth-order valence-corrected chi connectivity index (χ4v) is 2.06. The summed E-state index contributed by atoms with van der Waals surface area (Å²) in [6, 6.07) is 1.68. The van der Waals surface area contributed by atoms with Gasteiger partial charge in [-0.25, -0.2) is 4.79 Å². The minimum atomic E-state index is -0.874. The van der Waals surface area contributed by atoms with Crippen LogP contribution in [-0.4, -0.2) is 17.7 Å². The van der Waals surface area contributed by atoms with Gasteiger partial charge in [0.1, 0.15) is 4.88 Å². The molecule has 0 unspecified atom stereocenters. The smallest absolute Gasteiger partial charge is 0.345 e. The number of aromatic carboxylic acids is 1. The Morgan fingerprint density at radius 3 is 2.81 bits per heavy atom. The molecule has 0 spiro atoms. The first-order valence-electron chi connectivity index (χ1n) is 5.05. The summed E-state index contributed by atoms with van der Waals surface area (Å²) in [5, 5.41) is 8.82. The summed E-state index contributed by atoms with van der Waals surface area (Å²) < 4.78 is 5.46. The number of aryl methyl sites for hydroxylation is 1. The molecule has 88 valence electrons. The topological polar surface area (TPSA) is 46.5 Å². The van der Waals surface area contributed by atoms with E-state index in [0.717, 1.165) is 22.4 Å². The van der Waals surface area contributed by atoms with Crippen molar-refractivity contribution in [1.82, 2.24) is 0 Å². The van der Waals surface area contributed by atoms with E-state index in [1.165, 1.54) is 11.3 Å². The summed E-state index contributed by atoms with van der Waals surface area (Å²) in [6.45, 7) is 8.77. The molecule has 0 radical (unpaired) electrons. The van der Waals surface area contributed by atoms with Gasteiger partial charge in [-0.2, -0.15) is 0 Å². The first kappa shape index (κ1) is 12.9. The first-order valence-corrected chi connectivity index (χ1v) is 5.87. The van der Waals surface area contributed by atoms with Crippen molar-refractivity contribution in [3.8, 4) is 0 Å². The molecular formula is C12H16O3S. The average Bonchev–Trinajstić information content (AvgIpc) is 2.55. The zero-order valence-corrected chi connectivity index (χ0v) is 10.4. The van der Waals surface area contributed by atoms with Gasteiger partial charge < -0.3 is 9.84 Å². The molecule has 1 rings (SSSR count). The second-order valence-corrected chi connectivity index (χ2v) is 5.01. The molecule has 0 aliphatic carbocycles. The van der Waals surface area contributed by atoms with E-state index in [9.17, 15) is 4.79 Å². The summed E-state index contributed by atoms with van der Waals surface area (Å²) in [5.41, 5.74) is 2.05. The molecular weight excluding hydrogens is 224 g/mol. The second kappa shape index (κ2) is 5.82. The Bertz CT molecular complexity index is 393. The number of carboxylic acid groups (broad SMARTS) is 1. The molecule has 1 aromatic rings. The standard InChI is InChI=1S/C12H16O3S/c1-8(2)4-5-15-7-10-6-11(12(13)14)16-9(10)3/h6H,1,4-5,7H2,2-3H3,(H,13,14). The van der Waals surface area contributed by atoms with Crippen LogP contribution in [0.15, 0.2) is 18.2 Å². The lowest BCUT2D eigenvalue weighted by Crippen LogP contribution is -1.96. The second-order valence-electron chi connectivity index (χ2n) is 3.76. The molecule has 0 amide bonds. The molecule has 4 heteroatoms. The summed E-state index contributed by atoms with van der Waals surface area (Å²) in [4.78, 5) is 12.1. The lowest BCUT2D eigenvalue weighted by molar-refractivity contribution is 0.0702. The van der Waals surface area contributed by atoms with Crippen molar-refractivity contribution in [2.24, 2.45) is 0 Å². The monoisotopic (exact) mass is 240 g/mol. The van der Waals surface area contributed by atoms with Crippen LogP contribution in [0.25, 0.3) is 0 Å². The zero-order valence-electron chi connectivity index (χ0n) is 9.58. The highest BCUT2D eigenvalue weighted by molar-refractivity contribution is 7.14. The summed E-state index contributed by atoms with van der Waals surface area (Å²) >= 11 is 1.29. The molecule has 3 nitrogen and oxygen atoms in total. The van der Waals surface area contributed by atoms with E-state index in [1.54, 1.807) is 6.07 Å². The predicted octanol–water partition coefficient (Wildman–Crippen LogP) is 3.24. The highest BCUT2D eigenvalue weighted by atomic mass is 32.1. The Morgan fingerprint density at radius 1 is 1.62 bits per heavy atom. The van der Waals surface area contributed by atoms with E-state index in [2.05, 4.69) is 6.58 Å². The molecule has 16 heavy (non-hydrogen) atoms. The summed E-state index contributed by atoms with van der Waals surface area (Å²) in [5.74, 6) is -0.874. The van der Waals surface area contributed by atoms with Crippen LogP contribution in [0.2, 0.25) is 0 Å². The lowest BCUT2D eigenvalue weighted by Gasteiger charge is -2.03. The highest BCUT2D eigenvalue weighted by Gasteiger charge is 2.10. The predicted molar refractivity (Wildman–Crippen MR) is 65.1 cm³/mol. The maximum absolute atomic E-state index is 10.7. The molecule has 0 aliphatic heterocycles.